The number of anilines is 2. The second kappa shape index (κ2) is 10.3. The number of benzene rings is 3. The highest BCUT2D eigenvalue weighted by Gasteiger charge is 2.39. The van der Waals surface area contributed by atoms with Crippen molar-refractivity contribution in [2.45, 2.75) is 45.3 Å². The number of likely N-dealkylation sites (N-methyl/N-ethyl adjacent to an activating group) is 1. The highest BCUT2D eigenvalue weighted by atomic mass is 19.4. The number of amides is 2. The molecule has 2 unspecified atom stereocenters. The molecule has 5 nitrogen and oxygen atoms in total. The van der Waals surface area contributed by atoms with E-state index in [1.165, 1.54) is 17.9 Å². The number of rotatable bonds is 5. The molecule has 0 saturated heterocycles. The number of fused-ring (bicyclic) bond motifs is 1. The Labute approximate surface area is 214 Å². The Balaban J connectivity index is 1.70. The lowest BCUT2D eigenvalue weighted by Gasteiger charge is -2.40. The van der Waals surface area contributed by atoms with Gasteiger partial charge in [0.25, 0.3) is 5.91 Å². The van der Waals surface area contributed by atoms with Crippen LogP contribution in [0.3, 0.4) is 0 Å². The summed E-state index contributed by atoms with van der Waals surface area (Å²) in [4.78, 5) is 30.4. The standard InChI is InChI=1S/C29H29F3N2O3/c1-5-33(21-13-10-18(2)25(17-21)29(30,31)32)28(36)24-16-19(3)34(26-9-7-6-8-23(24)26)27(35)20-11-14-22(37-4)15-12-20/h6-15,17,19,24H,5,16H2,1-4H3. The minimum absolute atomic E-state index is 0.101. The summed E-state index contributed by atoms with van der Waals surface area (Å²) in [5, 5.41) is 0. The Morgan fingerprint density at radius 2 is 1.73 bits per heavy atom. The lowest BCUT2D eigenvalue weighted by Crippen LogP contribution is -2.46. The van der Waals surface area contributed by atoms with Crippen LogP contribution in [0, 0.1) is 6.92 Å². The number of aryl methyl sites for hydroxylation is 1. The zero-order chi connectivity index (χ0) is 26.9. The van der Waals surface area contributed by atoms with Gasteiger partial charge in [-0.3, -0.25) is 9.59 Å². The van der Waals surface area contributed by atoms with Gasteiger partial charge in [0.05, 0.1) is 18.6 Å². The van der Waals surface area contributed by atoms with Crippen LogP contribution in [0.5, 0.6) is 5.75 Å². The van der Waals surface area contributed by atoms with Gasteiger partial charge in [0, 0.05) is 29.5 Å². The van der Waals surface area contributed by atoms with Crippen LogP contribution in [-0.2, 0) is 11.0 Å². The van der Waals surface area contributed by atoms with Crippen LogP contribution in [0.15, 0.2) is 66.7 Å². The summed E-state index contributed by atoms with van der Waals surface area (Å²) in [6.45, 7) is 5.23. The minimum Gasteiger partial charge on any atom is -0.497 e. The van der Waals surface area contributed by atoms with Gasteiger partial charge in [0.15, 0.2) is 0 Å². The molecule has 1 aliphatic rings. The molecule has 0 bridgehead atoms. The second-order valence-corrected chi connectivity index (χ2v) is 9.18. The number of hydrogen-bond acceptors (Lipinski definition) is 3. The molecule has 8 heteroatoms. The molecular formula is C29H29F3N2O3. The van der Waals surface area contributed by atoms with Crippen molar-refractivity contribution in [3.05, 3.63) is 89.0 Å². The number of carbonyl (C=O) groups is 2. The van der Waals surface area contributed by atoms with Gasteiger partial charge in [0.2, 0.25) is 5.91 Å². The third kappa shape index (κ3) is 5.05. The first-order valence-electron chi connectivity index (χ1n) is 12.1. The molecule has 3 aromatic carbocycles. The Morgan fingerprint density at radius 1 is 1.05 bits per heavy atom. The summed E-state index contributed by atoms with van der Waals surface area (Å²) < 4.78 is 45.8. The summed E-state index contributed by atoms with van der Waals surface area (Å²) in [5.74, 6) is -0.468. The molecule has 1 heterocycles. The van der Waals surface area contributed by atoms with Gasteiger partial charge in [-0.2, -0.15) is 13.2 Å². The molecule has 3 aromatic rings. The fourth-order valence-electron chi connectivity index (χ4n) is 4.97. The van der Waals surface area contributed by atoms with Crippen molar-refractivity contribution in [2.75, 3.05) is 23.5 Å². The summed E-state index contributed by atoms with van der Waals surface area (Å²) in [5.41, 5.74) is 1.33. The molecule has 0 radical (unpaired) electrons. The van der Waals surface area contributed by atoms with Crippen LogP contribution >= 0.6 is 0 Å². The molecule has 0 N–H and O–H groups in total. The highest BCUT2D eigenvalue weighted by Crippen LogP contribution is 2.41. The zero-order valence-electron chi connectivity index (χ0n) is 21.2. The van der Waals surface area contributed by atoms with Crippen molar-refractivity contribution in [1.29, 1.82) is 0 Å². The van der Waals surface area contributed by atoms with Crippen LogP contribution in [0.1, 0.15) is 53.2 Å². The average Bonchev–Trinajstić information content (AvgIpc) is 2.88. The predicted molar refractivity (Wildman–Crippen MR) is 137 cm³/mol. The van der Waals surface area contributed by atoms with Crippen LogP contribution in [0.4, 0.5) is 24.5 Å². The van der Waals surface area contributed by atoms with Crippen LogP contribution < -0.4 is 14.5 Å². The quantitative estimate of drug-likeness (QED) is 0.389. The van der Waals surface area contributed by atoms with Gasteiger partial charge in [-0.05, 0) is 80.8 Å². The van der Waals surface area contributed by atoms with E-state index >= 15 is 0 Å². The summed E-state index contributed by atoms with van der Waals surface area (Å²) in [7, 11) is 1.55. The van der Waals surface area contributed by atoms with E-state index in [0.717, 1.165) is 6.07 Å². The third-order valence-electron chi connectivity index (χ3n) is 6.86. The Morgan fingerprint density at radius 3 is 2.35 bits per heavy atom. The molecule has 0 saturated carbocycles. The first-order valence-corrected chi connectivity index (χ1v) is 12.1. The van der Waals surface area contributed by atoms with E-state index in [4.69, 9.17) is 4.74 Å². The molecule has 2 atom stereocenters. The molecular weight excluding hydrogens is 481 g/mol. The molecule has 1 aliphatic heterocycles. The minimum atomic E-state index is -4.52. The van der Waals surface area contributed by atoms with Crippen molar-refractivity contribution in [3.8, 4) is 5.75 Å². The maximum Gasteiger partial charge on any atom is 0.416 e. The van der Waals surface area contributed by atoms with Gasteiger partial charge in [-0.15, -0.1) is 0 Å². The number of carbonyl (C=O) groups excluding carboxylic acids is 2. The number of ether oxygens (including phenoxy) is 1. The van der Waals surface area contributed by atoms with Crippen LogP contribution in [0.2, 0.25) is 0 Å². The topological polar surface area (TPSA) is 49.9 Å². The van der Waals surface area contributed by atoms with Gasteiger partial charge in [-0.1, -0.05) is 24.3 Å². The monoisotopic (exact) mass is 510 g/mol. The molecule has 2 amide bonds. The molecule has 0 aromatic heterocycles. The maximum absolute atomic E-state index is 13.8. The number of nitrogens with zero attached hydrogens (tertiary/aromatic N) is 2. The Kier molecular flexibility index (Phi) is 7.30. The van der Waals surface area contributed by atoms with E-state index in [1.54, 1.807) is 67.5 Å². The smallest absolute Gasteiger partial charge is 0.416 e. The number of para-hydroxylation sites is 1. The zero-order valence-corrected chi connectivity index (χ0v) is 21.2. The largest absolute Gasteiger partial charge is 0.497 e. The highest BCUT2D eigenvalue weighted by molar-refractivity contribution is 6.09. The number of halogens is 3. The molecule has 0 aliphatic carbocycles. The average molecular weight is 511 g/mol. The van der Waals surface area contributed by atoms with E-state index in [2.05, 4.69) is 0 Å². The number of hydrogen-bond donors (Lipinski definition) is 0. The van der Waals surface area contributed by atoms with E-state index in [0.29, 0.717) is 29.0 Å². The van der Waals surface area contributed by atoms with Gasteiger partial charge in [-0.25, -0.2) is 0 Å². The van der Waals surface area contributed by atoms with Crippen molar-refractivity contribution >= 4 is 23.2 Å². The Hall–Kier alpha value is -3.81. The molecule has 0 fully saturated rings. The number of alkyl halides is 3. The first kappa shape index (κ1) is 26.3. The van der Waals surface area contributed by atoms with Crippen molar-refractivity contribution < 1.29 is 27.5 Å². The SMILES string of the molecule is CCN(C(=O)C1CC(C)N(C(=O)c2ccc(OC)cc2)c2ccccc21)c1ccc(C)c(C(F)(F)F)c1. The Bertz CT molecular complexity index is 1300. The van der Waals surface area contributed by atoms with Crippen LogP contribution in [0.25, 0.3) is 0 Å². The van der Waals surface area contributed by atoms with Gasteiger partial charge >= 0.3 is 6.18 Å². The van der Waals surface area contributed by atoms with Gasteiger partial charge in [0.1, 0.15) is 5.75 Å². The summed E-state index contributed by atoms with van der Waals surface area (Å²) in [6, 6.07) is 17.7. The summed E-state index contributed by atoms with van der Waals surface area (Å²) in [6.07, 6.45) is -4.18. The molecule has 37 heavy (non-hydrogen) atoms. The lowest BCUT2D eigenvalue weighted by atomic mass is 9.84. The lowest BCUT2D eigenvalue weighted by molar-refractivity contribution is -0.138. The van der Waals surface area contributed by atoms with E-state index in [-0.39, 0.29) is 35.7 Å². The second-order valence-electron chi connectivity index (χ2n) is 9.18. The molecule has 4 rings (SSSR count). The van der Waals surface area contributed by atoms with Crippen LogP contribution in [-0.4, -0.2) is 31.5 Å². The first-order chi connectivity index (χ1) is 17.6. The maximum atomic E-state index is 13.8. The normalized spacial score (nSPS) is 17.2. The fourth-order valence-corrected chi connectivity index (χ4v) is 4.97. The van der Waals surface area contributed by atoms with Gasteiger partial charge < -0.3 is 14.5 Å². The van der Waals surface area contributed by atoms with E-state index in [1.807, 2.05) is 13.0 Å². The van der Waals surface area contributed by atoms with Crippen molar-refractivity contribution in [3.63, 3.8) is 0 Å². The van der Waals surface area contributed by atoms with E-state index < -0.39 is 17.7 Å². The van der Waals surface area contributed by atoms with E-state index in [9.17, 15) is 22.8 Å². The van der Waals surface area contributed by atoms with Crippen molar-refractivity contribution in [2.24, 2.45) is 0 Å². The number of methoxy groups -OCH3 is 1. The fraction of sp³-hybridized carbons (Fsp3) is 0.310. The summed E-state index contributed by atoms with van der Waals surface area (Å²) >= 11 is 0. The molecule has 194 valence electrons. The third-order valence-corrected chi connectivity index (χ3v) is 6.86. The predicted octanol–water partition coefficient (Wildman–Crippen LogP) is 6.60. The molecule has 0 spiro atoms. The van der Waals surface area contributed by atoms with Crippen molar-refractivity contribution in [1.82, 2.24) is 0 Å².